The molecule has 2 N–H and O–H groups in total. The van der Waals surface area contributed by atoms with Crippen LogP contribution in [-0.2, 0) is 6.54 Å². The van der Waals surface area contributed by atoms with Crippen LogP contribution in [0.1, 0.15) is 11.1 Å². The average Bonchev–Trinajstić information content (AvgIpc) is 2.92. The summed E-state index contributed by atoms with van der Waals surface area (Å²) in [7, 11) is 0. The van der Waals surface area contributed by atoms with Gasteiger partial charge in [0.25, 0.3) is 0 Å². The molecule has 0 aliphatic carbocycles. The van der Waals surface area contributed by atoms with E-state index in [1.807, 2.05) is 25.1 Å². The number of benzene rings is 2. The first-order valence-corrected chi connectivity index (χ1v) is 6.50. The van der Waals surface area contributed by atoms with E-state index < -0.39 is 0 Å². The van der Waals surface area contributed by atoms with Gasteiger partial charge in [0.2, 0.25) is 0 Å². The van der Waals surface area contributed by atoms with E-state index in [4.69, 9.17) is 5.73 Å². The van der Waals surface area contributed by atoms with Gasteiger partial charge in [0.1, 0.15) is 5.82 Å². The zero-order valence-electron chi connectivity index (χ0n) is 11.5. The molecular weight excluding hydrogens is 269 g/mol. The van der Waals surface area contributed by atoms with E-state index >= 15 is 0 Å². The van der Waals surface area contributed by atoms with Gasteiger partial charge in [0, 0.05) is 11.3 Å². The Morgan fingerprint density at radius 1 is 1.14 bits per heavy atom. The van der Waals surface area contributed by atoms with Gasteiger partial charge in [-0.1, -0.05) is 18.2 Å². The van der Waals surface area contributed by atoms with Crippen molar-refractivity contribution in [1.82, 2.24) is 20.2 Å². The summed E-state index contributed by atoms with van der Waals surface area (Å²) in [5.41, 5.74) is 9.35. The predicted octanol–water partition coefficient (Wildman–Crippen LogP) is 2.42. The lowest BCUT2D eigenvalue weighted by Crippen LogP contribution is -2.05. The summed E-state index contributed by atoms with van der Waals surface area (Å²) in [5, 5.41) is 11.8. The first-order chi connectivity index (χ1) is 10.1. The maximum atomic E-state index is 12.9. The van der Waals surface area contributed by atoms with Crippen LogP contribution in [0.15, 0.2) is 42.5 Å². The Morgan fingerprint density at radius 2 is 1.90 bits per heavy atom. The number of tetrazole rings is 1. The van der Waals surface area contributed by atoms with Gasteiger partial charge < -0.3 is 5.73 Å². The standard InChI is InChI=1S/C15H14FN5/c1-10-2-7-13(17)8-14(10)15-18-19-20-21(15)9-11-3-5-12(16)6-4-11/h2-8H,9,17H2,1H3. The highest BCUT2D eigenvalue weighted by Gasteiger charge is 2.12. The molecule has 5 nitrogen and oxygen atoms in total. The molecule has 0 unspecified atom stereocenters. The van der Waals surface area contributed by atoms with Crippen molar-refractivity contribution in [3.8, 4) is 11.4 Å². The summed E-state index contributed by atoms with van der Waals surface area (Å²) in [6, 6.07) is 11.9. The van der Waals surface area contributed by atoms with Crippen LogP contribution < -0.4 is 5.73 Å². The molecule has 0 atom stereocenters. The maximum absolute atomic E-state index is 12.9. The van der Waals surface area contributed by atoms with Crippen LogP contribution in [0, 0.1) is 12.7 Å². The monoisotopic (exact) mass is 283 g/mol. The van der Waals surface area contributed by atoms with E-state index in [1.165, 1.54) is 12.1 Å². The fourth-order valence-electron chi connectivity index (χ4n) is 2.15. The van der Waals surface area contributed by atoms with E-state index in [1.54, 1.807) is 16.8 Å². The highest BCUT2D eigenvalue weighted by atomic mass is 19.1. The van der Waals surface area contributed by atoms with Crippen molar-refractivity contribution in [2.75, 3.05) is 5.73 Å². The molecule has 2 aromatic carbocycles. The van der Waals surface area contributed by atoms with E-state index in [9.17, 15) is 4.39 Å². The van der Waals surface area contributed by atoms with E-state index in [0.717, 1.165) is 16.7 Å². The fourth-order valence-corrected chi connectivity index (χ4v) is 2.15. The smallest absolute Gasteiger partial charge is 0.182 e. The normalized spacial score (nSPS) is 10.8. The number of anilines is 1. The van der Waals surface area contributed by atoms with Gasteiger partial charge in [-0.25, -0.2) is 9.07 Å². The van der Waals surface area contributed by atoms with Crippen LogP contribution in [0.3, 0.4) is 0 Å². The van der Waals surface area contributed by atoms with E-state index in [-0.39, 0.29) is 5.82 Å². The molecule has 0 fully saturated rings. The minimum Gasteiger partial charge on any atom is -0.399 e. The molecule has 1 aromatic heterocycles. The largest absolute Gasteiger partial charge is 0.399 e. The molecule has 0 aliphatic rings. The molecule has 1 heterocycles. The number of nitrogens with two attached hydrogens (primary N) is 1. The third-order valence-corrected chi connectivity index (χ3v) is 3.28. The zero-order chi connectivity index (χ0) is 14.8. The molecule has 21 heavy (non-hydrogen) atoms. The van der Waals surface area contributed by atoms with Crippen LogP contribution >= 0.6 is 0 Å². The molecule has 0 spiro atoms. The summed E-state index contributed by atoms with van der Waals surface area (Å²) in [4.78, 5) is 0. The summed E-state index contributed by atoms with van der Waals surface area (Å²) in [5.74, 6) is 0.381. The molecule has 0 saturated carbocycles. The number of aromatic nitrogens is 4. The Balaban J connectivity index is 1.97. The van der Waals surface area contributed by atoms with Crippen LogP contribution in [0.5, 0.6) is 0 Å². The summed E-state index contributed by atoms with van der Waals surface area (Å²) in [6.07, 6.45) is 0. The van der Waals surface area contributed by atoms with Gasteiger partial charge in [-0.15, -0.1) is 5.10 Å². The molecule has 0 bridgehead atoms. The van der Waals surface area contributed by atoms with Crippen molar-refractivity contribution in [3.63, 3.8) is 0 Å². The van der Waals surface area contributed by atoms with Crippen LogP contribution in [0.25, 0.3) is 11.4 Å². The second kappa shape index (κ2) is 5.32. The number of nitrogens with zero attached hydrogens (tertiary/aromatic N) is 4. The first-order valence-electron chi connectivity index (χ1n) is 6.50. The molecule has 0 saturated heterocycles. The number of hydrogen-bond donors (Lipinski definition) is 1. The maximum Gasteiger partial charge on any atom is 0.182 e. The average molecular weight is 283 g/mol. The molecule has 0 radical (unpaired) electrons. The Kier molecular flexibility index (Phi) is 3.35. The van der Waals surface area contributed by atoms with Gasteiger partial charge >= 0.3 is 0 Å². The SMILES string of the molecule is Cc1ccc(N)cc1-c1nnnn1Cc1ccc(F)cc1. The highest BCUT2D eigenvalue weighted by Crippen LogP contribution is 2.23. The highest BCUT2D eigenvalue weighted by molar-refractivity contribution is 5.65. The van der Waals surface area contributed by atoms with Gasteiger partial charge in [0.05, 0.1) is 6.54 Å². The lowest BCUT2D eigenvalue weighted by molar-refractivity contribution is 0.622. The van der Waals surface area contributed by atoms with Crippen molar-refractivity contribution in [2.24, 2.45) is 0 Å². The van der Waals surface area contributed by atoms with Gasteiger partial charge in [0.15, 0.2) is 5.82 Å². The molecule has 3 rings (SSSR count). The molecule has 106 valence electrons. The molecule has 0 aliphatic heterocycles. The lowest BCUT2D eigenvalue weighted by atomic mass is 10.1. The number of hydrogen-bond acceptors (Lipinski definition) is 4. The van der Waals surface area contributed by atoms with Crippen molar-refractivity contribution < 1.29 is 4.39 Å². The van der Waals surface area contributed by atoms with Crippen molar-refractivity contribution in [2.45, 2.75) is 13.5 Å². The Labute approximate surface area is 121 Å². The van der Waals surface area contributed by atoms with E-state index in [0.29, 0.717) is 18.1 Å². The number of rotatable bonds is 3. The van der Waals surface area contributed by atoms with Crippen molar-refractivity contribution in [3.05, 3.63) is 59.4 Å². The quantitative estimate of drug-likeness (QED) is 0.749. The Hall–Kier alpha value is -2.76. The summed E-state index contributed by atoms with van der Waals surface area (Å²) >= 11 is 0. The van der Waals surface area contributed by atoms with Gasteiger partial charge in [-0.05, 0) is 52.7 Å². The second-order valence-electron chi connectivity index (χ2n) is 4.86. The van der Waals surface area contributed by atoms with Crippen molar-refractivity contribution >= 4 is 5.69 Å². The second-order valence-corrected chi connectivity index (χ2v) is 4.86. The van der Waals surface area contributed by atoms with Crippen molar-refractivity contribution in [1.29, 1.82) is 0 Å². The molecule has 0 amide bonds. The van der Waals surface area contributed by atoms with Gasteiger partial charge in [-0.2, -0.15) is 0 Å². The summed E-state index contributed by atoms with van der Waals surface area (Å²) in [6.45, 7) is 2.45. The van der Waals surface area contributed by atoms with Crippen LogP contribution in [0.2, 0.25) is 0 Å². The summed E-state index contributed by atoms with van der Waals surface area (Å²) < 4.78 is 14.6. The third-order valence-electron chi connectivity index (χ3n) is 3.28. The molecule has 3 aromatic rings. The Bertz CT molecular complexity index is 764. The minimum absolute atomic E-state index is 0.262. The lowest BCUT2D eigenvalue weighted by Gasteiger charge is -2.08. The zero-order valence-corrected chi connectivity index (χ0v) is 11.5. The topological polar surface area (TPSA) is 69.6 Å². The van der Waals surface area contributed by atoms with Gasteiger partial charge in [-0.3, -0.25) is 0 Å². The third kappa shape index (κ3) is 2.74. The number of aryl methyl sites for hydroxylation is 1. The van der Waals surface area contributed by atoms with Crippen LogP contribution in [0.4, 0.5) is 10.1 Å². The predicted molar refractivity (Wildman–Crippen MR) is 77.9 cm³/mol. The first kappa shape index (κ1) is 13.2. The number of halogens is 1. The minimum atomic E-state index is -0.262. The fraction of sp³-hybridized carbons (Fsp3) is 0.133. The molecule has 6 heteroatoms. The van der Waals surface area contributed by atoms with E-state index in [2.05, 4.69) is 15.5 Å². The van der Waals surface area contributed by atoms with Crippen LogP contribution in [-0.4, -0.2) is 20.2 Å². The Morgan fingerprint density at radius 3 is 2.67 bits per heavy atom. The number of nitrogen functional groups attached to an aromatic ring is 1. The molecular formula is C15H14FN5.